The van der Waals surface area contributed by atoms with Crippen LogP contribution in [-0.2, 0) is 24.3 Å². The van der Waals surface area contributed by atoms with Gasteiger partial charge in [0.2, 0.25) is 0 Å². The normalized spacial score (nSPS) is 13.7. The van der Waals surface area contributed by atoms with Crippen LogP contribution in [0.4, 0.5) is 10.5 Å². The summed E-state index contributed by atoms with van der Waals surface area (Å²) in [5.74, 6) is 1.46. The average molecular weight is 452 g/mol. The van der Waals surface area contributed by atoms with Crippen molar-refractivity contribution in [2.24, 2.45) is 0 Å². The van der Waals surface area contributed by atoms with Gasteiger partial charge in [-0.15, -0.1) is 0 Å². The molecule has 0 aliphatic carbocycles. The van der Waals surface area contributed by atoms with Gasteiger partial charge in [-0.3, -0.25) is 4.90 Å². The lowest BCUT2D eigenvalue weighted by Crippen LogP contribution is -2.49. The van der Waals surface area contributed by atoms with E-state index in [2.05, 4.69) is 13.0 Å². The van der Waals surface area contributed by atoms with Crippen LogP contribution in [0.5, 0.6) is 11.5 Å². The van der Waals surface area contributed by atoms with Crippen molar-refractivity contribution in [2.45, 2.75) is 45.8 Å². The first-order valence-corrected chi connectivity index (χ1v) is 11.4. The topological polar surface area (TPSA) is 75.0 Å². The highest BCUT2D eigenvalue weighted by Gasteiger charge is 2.28. The molecular formula is C26H33N3O4. The van der Waals surface area contributed by atoms with E-state index in [9.17, 15) is 4.79 Å². The molecule has 176 valence electrons. The van der Waals surface area contributed by atoms with Crippen LogP contribution in [0, 0.1) is 11.3 Å². The zero-order chi connectivity index (χ0) is 23.6. The lowest BCUT2D eigenvalue weighted by Gasteiger charge is -2.36. The zero-order valence-corrected chi connectivity index (χ0v) is 19.8. The number of carbonyl (C=O) groups is 1. The molecule has 1 aliphatic heterocycles. The van der Waals surface area contributed by atoms with E-state index in [1.165, 1.54) is 0 Å². The van der Waals surface area contributed by atoms with E-state index < -0.39 is 0 Å². The average Bonchev–Trinajstić information content (AvgIpc) is 2.84. The molecule has 0 atom stereocenters. The second-order valence-electron chi connectivity index (χ2n) is 8.09. The van der Waals surface area contributed by atoms with Crippen LogP contribution in [0.15, 0.2) is 36.4 Å². The summed E-state index contributed by atoms with van der Waals surface area (Å²) >= 11 is 0. The van der Waals surface area contributed by atoms with E-state index in [1.807, 2.05) is 46.2 Å². The highest BCUT2D eigenvalue weighted by atomic mass is 16.5. The van der Waals surface area contributed by atoms with Crippen LogP contribution in [-0.4, -0.2) is 44.8 Å². The predicted molar refractivity (Wildman–Crippen MR) is 128 cm³/mol. The molecule has 2 amide bonds. The minimum atomic E-state index is -0.0348. The first-order valence-electron chi connectivity index (χ1n) is 11.4. The van der Waals surface area contributed by atoms with Gasteiger partial charge >= 0.3 is 6.03 Å². The summed E-state index contributed by atoms with van der Waals surface area (Å²) in [7, 11) is 3.26. The number of nitrogens with zero attached hydrogens (tertiary/aromatic N) is 3. The van der Waals surface area contributed by atoms with Crippen molar-refractivity contribution in [3.05, 3.63) is 53.1 Å². The lowest BCUT2D eigenvalue weighted by atomic mass is 10.1. The second kappa shape index (κ2) is 12.1. The number of anilines is 1. The highest BCUT2D eigenvalue weighted by Crippen LogP contribution is 2.29. The fourth-order valence-corrected chi connectivity index (χ4v) is 3.97. The molecule has 1 aliphatic rings. The zero-order valence-electron chi connectivity index (χ0n) is 19.8. The number of amides is 2. The SMILES string of the molecule is CCCCOCc1cc(N2CCCN(Cc3ccc(CC#N)cc3OC)C2=O)ccc1OC. The Morgan fingerprint density at radius 1 is 1.03 bits per heavy atom. The number of carbonyl (C=O) groups excluding carboxylic acids is 1. The van der Waals surface area contributed by atoms with Crippen LogP contribution in [0.2, 0.25) is 0 Å². The first-order chi connectivity index (χ1) is 16.1. The van der Waals surface area contributed by atoms with Gasteiger partial charge in [0, 0.05) is 36.5 Å². The molecule has 2 aromatic rings. The third-order valence-corrected chi connectivity index (χ3v) is 5.78. The van der Waals surface area contributed by atoms with Crippen LogP contribution in [0.25, 0.3) is 0 Å². The fraction of sp³-hybridized carbons (Fsp3) is 0.462. The number of nitriles is 1. The number of hydrogen-bond acceptors (Lipinski definition) is 5. The van der Waals surface area contributed by atoms with Gasteiger partial charge in [0.15, 0.2) is 0 Å². The molecule has 7 heteroatoms. The molecule has 33 heavy (non-hydrogen) atoms. The van der Waals surface area contributed by atoms with Crippen molar-refractivity contribution < 1.29 is 19.0 Å². The van der Waals surface area contributed by atoms with Crippen LogP contribution < -0.4 is 14.4 Å². The summed E-state index contributed by atoms with van der Waals surface area (Å²) in [5.41, 5.74) is 3.60. The van der Waals surface area contributed by atoms with Crippen LogP contribution in [0.1, 0.15) is 42.9 Å². The Balaban J connectivity index is 1.76. The van der Waals surface area contributed by atoms with E-state index in [0.29, 0.717) is 45.0 Å². The predicted octanol–water partition coefficient (Wildman–Crippen LogP) is 4.92. The third kappa shape index (κ3) is 6.17. The van der Waals surface area contributed by atoms with Crippen molar-refractivity contribution in [1.82, 2.24) is 4.90 Å². The summed E-state index contributed by atoms with van der Waals surface area (Å²) in [4.78, 5) is 17.0. The van der Waals surface area contributed by atoms with Gasteiger partial charge < -0.3 is 19.1 Å². The van der Waals surface area contributed by atoms with Crippen LogP contribution in [0.3, 0.4) is 0 Å². The van der Waals surface area contributed by atoms with Gasteiger partial charge in [0.25, 0.3) is 0 Å². The number of rotatable bonds is 11. The summed E-state index contributed by atoms with van der Waals surface area (Å²) in [5, 5.41) is 8.95. The Labute approximate surface area is 196 Å². The minimum Gasteiger partial charge on any atom is -0.496 e. The van der Waals surface area contributed by atoms with E-state index in [4.69, 9.17) is 19.5 Å². The molecule has 1 saturated heterocycles. The number of hydrogen-bond donors (Lipinski definition) is 0. The van der Waals surface area contributed by atoms with Gasteiger partial charge in [-0.1, -0.05) is 25.5 Å². The lowest BCUT2D eigenvalue weighted by molar-refractivity contribution is 0.116. The minimum absolute atomic E-state index is 0.0348. The second-order valence-corrected chi connectivity index (χ2v) is 8.09. The number of benzene rings is 2. The van der Waals surface area contributed by atoms with E-state index in [0.717, 1.165) is 47.4 Å². The van der Waals surface area contributed by atoms with Crippen molar-refractivity contribution in [2.75, 3.05) is 38.8 Å². The fourth-order valence-electron chi connectivity index (χ4n) is 3.97. The number of methoxy groups -OCH3 is 2. The maximum atomic E-state index is 13.4. The maximum Gasteiger partial charge on any atom is 0.324 e. The molecule has 0 N–H and O–H groups in total. The first kappa shape index (κ1) is 24.4. The van der Waals surface area contributed by atoms with E-state index >= 15 is 0 Å². The molecule has 7 nitrogen and oxygen atoms in total. The molecule has 0 saturated carbocycles. The molecule has 3 rings (SSSR count). The largest absolute Gasteiger partial charge is 0.496 e. The molecule has 1 heterocycles. The van der Waals surface area contributed by atoms with Gasteiger partial charge in [-0.25, -0.2) is 4.79 Å². The molecule has 0 unspecified atom stereocenters. The molecule has 0 bridgehead atoms. The Kier molecular flexibility index (Phi) is 8.96. The standard InChI is InChI=1S/C26H33N3O4/c1-4-5-15-33-19-22-17-23(9-10-24(22)31-2)29-14-6-13-28(26(29)30)18-21-8-7-20(11-12-27)16-25(21)32-3/h7-10,16-17H,4-6,11,13-15,18-19H2,1-3H3. The van der Waals surface area contributed by atoms with Crippen molar-refractivity contribution in [1.29, 1.82) is 5.26 Å². The molecule has 2 aromatic carbocycles. The molecule has 0 radical (unpaired) electrons. The quantitative estimate of drug-likeness (QED) is 0.454. The number of urea groups is 1. The summed E-state index contributed by atoms with van der Waals surface area (Å²) in [6.07, 6.45) is 3.30. The van der Waals surface area contributed by atoms with Crippen molar-refractivity contribution >= 4 is 11.7 Å². The number of unbranched alkanes of at least 4 members (excludes halogenated alkanes) is 1. The smallest absolute Gasteiger partial charge is 0.324 e. The molecular weight excluding hydrogens is 418 g/mol. The summed E-state index contributed by atoms with van der Waals surface area (Å²) in [6.45, 7) is 5.09. The molecule has 1 fully saturated rings. The Hall–Kier alpha value is -3.24. The van der Waals surface area contributed by atoms with Crippen LogP contribution >= 0.6 is 0 Å². The monoisotopic (exact) mass is 451 g/mol. The molecule has 0 aromatic heterocycles. The Morgan fingerprint density at radius 2 is 1.85 bits per heavy atom. The number of ether oxygens (including phenoxy) is 3. The van der Waals surface area contributed by atoms with Crippen molar-refractivity contribution in [3.63, 3.8) is 0 Å². The van der Waals surface area contributed by atoms with Gasteiger partial charge in [0.05, 0.1) is 39.9 Å². The van der Waals surface area contributed by atoms with Gasteiger partial charge in [0.1, 0.15) is 11.5 Å². The maximum absolute atomic E-state index is 13.4. The van der Waals surface area contributed by atoms with Gasteiger partial charge in [-0.05, 0) is 42.7 Å². The summed E-state index contributed by atoms with van der Waals surface area (Å²) in [6, 6.07) is 13.7. The van der Waals surface area contributed by atoms with Crippen molar-refractivity contribution in [3.8, 4) is 17.6 Å². The third-order valence-electron chi connectivity index (χ3n) is 5.78. The Morgan fingerprint density at radius 3 is 2.58 bits per heavy atom. The van der Waals surface area contributed by atoms with E-state index in [1.54, 1.807) is 14.2 Å². The van der Waals surface area contributed by atoms with E-state index in [-0.39, 0.29) is 6.03 Å². The summed E-state index contributed by atoms with van der Waals surface area (Å²) < 4.78 is 16.8. The highest BCUT2D eigenvalue weighted by molar-refractivity contribution is 5.93. The Bertz CT molecular complexity index is 986. The molecule has 0 spiro atoms. The van der Waals surface area contributed by atoms with Gasteiger partial charge in [-0.2, -0.15) is 5.26 Å².